The summed E-state index contributed by atoms with van der Waals surface area (Å²) in [6.07, 6.45) is 3.91. The van der Waals surface area contributed by atoms with Gasteiger partial charge in [0.15, 0.2) is 24.2 Å². The fourth-order valence-electron chi connectivity index (χ4n) is 1.39. The lowest BCUT2D eigenvalue weighted by Crippen LogP contribution is -2.43. The van der Waals surface area contributed by atoms with Crippen LogP contribution in [-0.4, -0.2) is 47.5 Å². The Balaban J connectivity index is 0.000000607. The van der Waals surface area contributed by atoms with Crippen LogP contribution in [0.2, 0.25) is 0 Å². The van der Waals surface area contributed by atoms with E-state index in [2.05, 4.69) is 0 Å². The Morgan fingerprint density at radius 3 is 1.66 bits per heavy atom. The lowest BCUT2D eigenvalue weighted by molar-refractivity contribution is -0.672. The van der Waals surface area contributed by atoms with Crippen LogP contribution in [0.15, 0.2) is 12.4 Å². The first kappa shape index (κ1) is 31.5. The SMILES string of the molecule is CSC(=S)c1n(C(F)(F)C(F)(Cl)Cl)cc[n+]1C.O=S(=O)([N-]S(=O)(=O)C(F)(F)F)C(F)(F)F. The lowest BCUT2D eigenvalue weighted by Gasteiger charge is -2.22. The monoisotopic (exact) mass is 603 g/mol. The summed E-state index contributed by atoms with van der Waals surface area (Å²) in [5, 5.41) is 0. The molecule has 32 heavy (non-hydrogen) atoms. The molecule has 0 radical (unpaired) electrons. The molecule has 0 aliphatic rings. The summed E-state index contributed by atoms with van der Waals surface area (Å²) in [6.45, 7) is 0. The largest absolute Gasteiger partial charge is 0.480 e. The van der Waals surface area contributed by atoms with Crippen LogP contribution in [0.1, 0.15) is 5.82 Å². The first-order valence-corrected chi connectivity index (χ1v) is 12.1. The molecular weight excluding hydrogens is 596 g/mol. The Bertz CT molecular complexity index is 1010. The number of hydrogen-bond donors (Lipinski definition) is 0. The minimum absolute atomic E-state index is 0.0409. The van der Waals surface area contributed by atoms with Crippen molar-refractivity contribution >= 4 is 71.4 Å². The number of hydrogen-bond acceptors (Lipinski definition) is 6. The fourth-order valence-corrected chi connectivity index (χ4v) is 3.95. The molecule has 0 unspecified atom stereocenters. The summed E-state index contributed by atoms with van der Waals surface area (Å²) in [5.74, 6) is -0.0409. The van der Waals surface area contributed by atoms with Gasteiger partial charge in [-0.2, -0.15) is 44.1 Å². The van der Waals surface area contributed by atoms with Gasteiger partial charge in [-0.3, -0.25) is 0 Å². The predicted molar refractivity (Wildman–Crippen MR) is 99.9 cm³/mol. The standard InChI is InChI=1S/C8H8Cl2F3N2S2.C2F6NO4S2/c1-14-3-4-15(5(14)6(16)17-2)8(12,13)7(9,10)11;3-1(4,5)14(10,11)9-15(12,13)2(6,7)8/h3-4H,1-2H3;/q+1;-1. The Hall–Kier alpha value is -0.540. The van der Waals surface area contributed by atoms with Gasteiger partial charge in [-0.15, -0.1) is 11.8 Å². The summed E-state index contributed by atoms with van der Waals surface area (Å²) >= 11 is 15.7. The zero-order valence-corrected chi connectivity index (χ0v) is 19.7. The molecule has 0 fully saturated rings. The van der Waals surface area contributed by atoms with Crippen LogP contribution in [0.25, 0.3) is 4.13 Å². The summed E-state index contributed by atoms with van der Waals surface area (Å²) in [7, 11) is -11.9. The second kappa shape index (κ2) is 9.98. The summed E-state index contributed by atoms with van der Waals surface area (Å²) in [6, 6.07) is -4.12. The van der Waals surface area contributed by atoms with Crippen molar-refractivity contribution < 1.29 is 60.9 Å². The zero-order valence-electron chi connectivity index (χ0n) is 14.9. The Morgan fingerprint density at radius 1 is 1.00 bits per heavy atom. The van der Waals surface area contributed by atoms with E-state index in [1.54, 1.807) is 6.26 Å². The van der Waals surface area contributed by atoms with Gasteiger partial charge in [0, 0.05) is 0 Å². The van der Waals surface area contributed by atoms with Crippen molar-refractivity contribution in [3.8, 4) is 0 Å². The second-order valence-corrected chi connectivity index (χ2v) is 11.2. The molecule has 0 bridgehead atoms. The highest BCUT2D eigenvalue weighted by Crippen LogP contribution is 2.44. The molecule has 0 aliphatic carbocycles. The molecule has 188 valence electrons. The average Bonchev–Trinajstić information content (AvgIpc) is 2.93. The molecule has 0 N–H and O–H groups in total. The molecule has 0 aliphatic heterocycles. The van der Waals surface area contributed by atoms with E-state index >= 15 is 0 Å². The molecule has 0 saturated heterocycles. The van der Waals surface area contributed by atoms with Crippen molar-refractivity contribution in [2.75, 3.05) is 6.26 Å². The smallest absolute Gasteiger partial charge is 0.421 e. The van der Waals surface area contributed by atoms with Gasteiger partial charge in [0.05, 0.1) is 7.05 Å². The lowest BCUT2D eigenvalue weighted by atomic mass is 10.5. The van der Waals surface area contributed by atoms with Crippen LogP contribution in [0.3, 0.4) is 0 Å². The normalized spacial score (nSPS) is 14.0. The van der Waals surface area contributed by atoms with E-state index < -0.39 is 41.7 Å². The van der Waals surface area contributed by atoms with Crippen LogP contribution in [-0.2, 0) is 33.1 Å². The van der Waals surface area contributed by atoms with Crippen LogP contribution in [0, 0.1) is 0 Å². The van der Waals surface area contributed by atoms with E-state index in [1.807, 2.05) is 0 Å². The van der Waals surface area contributed by atoms with Gasteiger partial charge in [-0.25, -0.2) is 21.4 Å². The van der Waals surface area contributed by atoms with Gasteiger partial charge >= 0.3 is 27.5 Å². The summed E-state index contributed by atoms with van der Waals surface area (Å²) in [4.78, 5) is 0. The molecule has 0 saturated carbocycles. The van der Waals surface area contributed by atoms with Gasteiger partial charge in [-0.1, -0.05) is 35.4 Å². The van der Waals surface area contributed by atoms with Gasteiger partial charge in [0.1, 0.15) is 12.4 Å². The first-order valence-electron chi connectivity index (χ1n) is 6.80. The van der Waals surface area contributed by atoms with E-state index in [9.17, 15) is 56.3 Å². The molecule has 7 nitrogen and oxygen atoms in total. The molecule has 1 aromatic rings. The van der Waals surface area contributed by atoms with E-state index in [-0.39, 0.29) is 10.0 Å². The van der Waals surface area contributed by atoms with Crippen molar-refractivity contribution in [2.24, 2.45) is 7.05 Å². The predicted octanol–water partition coefficient (Wildman–Crippen LogP) is 4.06. The number of imidazole rings is 1. The Morgan fingerprint density at radius 2 is 1.38 bits per heavy atom. The molecule has 0 aromatic carbocycles. The summed E-state index contributed by atoms with van der Waals surface area (Å²) in [5.41, 5.74) is -12.4. The van der Waals surface area contributed by atoms with Crippen LogP contribution >= 0.6 is 47.2 Å². The maximum Gasteiger partial charge on any atom is 0.480 e. The van der Waals surface area contributed by atoms with E-state index in [4.69, 9.17) is 35.4 Å². The molecular formula is C10H8Cl2F9N3O4S4. The third kappa shape index (κ3) is 7.23. The number of aromatic nitrogens is 2. The van der Waals surface area contributed by atoms with Crippen molar-refractivity contribution in [3.63, 3.8) is 0 Å². The van der Waals surface area contributed by atoms with E-state index in [1.165, 1.54) is 17.8 Å². The highest BCUT2D eigenvalue weighted by molar-refractivity contribution is 8.23. The van der Waals surface area contributed by atoms with E-state index in [0.29, 0.717) is 4.57 Å². The van der Waals surface area contributed by atoms with Crippen molar-refractivity contribution in [3.05, 3.63) is 22.3 Å². The number of thiocarbonyl (C=S) groups is 1. The molecule has 1 aromatic heterocycles. The third-order valence-corrected chi connectivity index (χ3v) is 7.23. The minimum atomic E-state index is -6.72. The molecule has 0 spiro atoms. The third-order valence-electron chi connectivity index (χ3n) is 2.79. The second-order valence-electron chi connectivity index (χ2n) is 5.05. The van der Waals surface area contributed by atoms with Crippen molar-refractivity contribution in [2.45, 2.75) is 21.7 Å². The van der Waals surface area contributed by atoms with Gasteiger partial charge in [0.2, 0.25) is 0 Å². The molecule has 1 rings (SSSR count). The average molecular weight is 604 g/mol. The first-order chi connectivity index (χ1) is 13.8. The Labute approximate surface area is 193 Å². The highest BCUT2D eigenvalue weighted by atomic mass is 35.5. The maximum absolute atomic E-state index is 13.7. The minimum Gasteiger partial charge on any atom is -0.421 e. The number of rotatable bonds is 5. The molecule has 0 amide bonds. The van der Waals surface area contributed by atoms with Gasteiger partial charge in [-0.05, 0) is 6.26 Å². The Kier molecular flexibility index (Phi) is 9.81. The van der Waals surface area contributed by atoms with Gasteiger partial charge < -0.3 is 4.13 Å². The summed E-state index contributed by atoms with van der Waals surface area (Å²) < 4.78 is 148. The number of thioether (sulfide) groups is 1. The molecule has 22 heteroatoms. The van der Waals surface area contributed by atoms with Crippen molar-refractivity contribution in [1.29, 1.82) is 0 Å². The maximum atomic E-state index is 13.7. The zero-order chi connectivity index (χ0) is 26.1. The number of alkyl halides is 11. The van der Waals surface area contributed by atoms with E-state index in [0.717, 1.165) is 22.1 Å². The number of halogens is 11. The number of sulfonamides is 2. The van der Waals surface area contributed by atoms with Crippen molar-refractivity contribution in [1.82, 2.24) is 4.57 Å². The quantitative estimate of drug-likeness (QED) is 0.218. The van der Waals surface area contributed by atoms with Crippen LogP contribution in [0.5, 0.6) is 0 Å². The van der Waals surface area contributed by atoms with Crippen LogP contribution < -0.4 is 4.57 Å². The van der Waals surface area contributed by atoms with Gasteiger partial charge in [0.25, 0.3) is 0 Å². The van der Waals surface area contributed by atoms with Crippen LogP contribution in [0.4, 0.5) is 39.5 Å². The number of nitrogens with zero attached hydrogens (tertiary/aromatic N) is 3. The molecule has 1 heterocycles. The topological polar surface area (TPSA) is 91.2 Å². The molecule has 0 atom stereocenters. The fraction of sp³-hybridized carbons (Fsp3) is 0.600. The number of aryl methyl sites for hydroxylation is 1. The highest BCUT2D eigenvalue weighted by Gasteiger charge is 2.60.